The van der Waals surface area contributed by atoms with Gasteiger partial charge in [-0.25, -0.2) is 4.79 Å². The normalized spacial score (nSPS) is 31.1. The van der Waals surface area contributed by atoms with Gasteiger partial charge in [0.2, 0.25) is 0 Å². The molecular weight excluding hydrogens is 304 g/mol. The van der Waals surface area contributed by atoms with Gasteiger partial charge < -0.3 is 29.5 Å². The second kappa shape index (κ2) is 7.56. The second-order valence-corrected chi connectivity index (χ2v) is 5.20. The van der Waals surface area contributed by atoms with Crippen molar-refractivity contribution in [3.05, 3.63) is 35.9 Å². The molecule has 1 aromatic rings. The fourth-order valence-corrected chi connectivity index (χ4v) is 2.22. The standard InChI is InChI=1S/C16H19O7/c1-9-15(13(18)14(19)16(20)22-9)23-12(17)8-5-10-3-6-11(21-2)7-4-10/h3-9,13-16,18-19H,1-2H3/q-1/b8-5+/t9-,13-,14+,15-,16+/m0/s1. The van der Waals surface area contributed by atoms with Crippen LogP contribution < -0.4 is 9.84 Å². The molecule has 0 amide bonds. The van der Waals surface area contributed by atoms with Crippen LogP contribution in [0.15, 0.2) is 30.3 Å². The molecule has 2 N–H and O–H groups in total. The zero-order valence-corrected chi connectivity index (χ0v) is 12.8. The zero-order chi connectivity index (χ0) is 17.0. The van der Waals surface area contributed by atoms with Crippen LogP contribution in [-0.2, 0) is 14.3 Å². The molecule has 0 aliphatic carbocycles. The van der Waals surface area contributed by atoms with E-state index in [1.54, 1.807) is 31.4 Å². The van der Waals surface area contributed by atoms with Crippen LogP contribution in [0.4, 0.5) is 0 Å². The number of carbonyl (C=O) groups is 1. The van der Waals surface area contributed by atoms with Crippen LogP contribution in [0.2, 0.25) is 0 Å². The maximum atomic E-state index is 11.8. The number of aliphatic hydroxyl groups excluding tert-OH is 2. The highest BCUT2D eigenvalue weighted by Gasteiger charge is 2.40. The SMILES string of the molecule is COc1ccc(/C=C/C(=O)O[C@@H]2[C@@H](O)[C@@H](O)[C@H]([O-])O[C@H]2C)cc1. The lowest BCUT2D eigenvalue weighted by molar-refractivity contribution is -0.530. The Morgan fingerprint density at radius 1 is 1.26 bits per heavy atom. The number of hydrogen-bond donors (Lipinski definition) is 2. The number of methoxy groups -OCH3 is 1. The minimum absolute atomic E-state index is 0.696. The largest absolute Gasteiger partial charge is 0.829 e. The zero-order valence-electron chi connectivity index (χ0n) is 12.8. The van der Waals surface area contributed by atoms with Crippen molar-refractivity contribution in [3.8, 4) is 5.75 Å². The van der Waals surface area contributed by atoms with E-state index in [1.165, 1.54) is 19.1 Å². The van der Waals surface area contributed by atoms with Crippen molar-refractivity contribution in [3.63, 3.8) is 0 Å². The lowest BCUT2D eigenvalue weighted by Gasteiger charge is -2.43. The molecule has 1 aromatic carbocycles. The maximum Gasteiger partial charge on any atom is 0.331 e. The van der Waals surface area contributed by atoms with Gasteiger partial charge in [0.05, 0.1) is 19.3 Å². The molecule has 7 nitrogen and oxygen atoms in total. The van der Waals surface area contributed by atoms with E-state index in [-0.39, 0.29) is 0 Å². The van der Waals surface area contributed by atoms with Crippen molar-refractivity contribution in [2.45, 2.75) is 37.6 Å². The number of carbonyl (C=O) groups excluding carboxylic acids is 1. The molecule has 1 saturated heterocycles. The van der Waals surface area contributed by atoms with E-state index < -0.39 is 36.7 Å². The number of aliphatic hydroxyl groups is 2. The highest BCUT2D eigenvalue weighted by atomic mass is 16.7. The van der Waals surface area contributed by atoms with Crippen LogP contribution in [0.5, 0.6) is 5.75 Å². The Morgan fingerprint density at radius 3 is 2.52 bits per heavy atom. The summed E-state index contributed by atoms with van der Waals surface area (Å²) in [5.74, 6) is -0.0148. The molecule has 0 spiro atoms. The topological polar surface area (TPSA) is 108 Å². The smallest absolute Gasteiger partial charge is 0.331 e. The predicted molar refractivity (Wildman–Crippen MR) is 78.3 cm³/mol. The molecule has 1 aliphatic rings. The molecular formula is C16H19O7-. The summed E-state index contributed by atoms with van der Waals surface area (Å²) >= 11 is 0. The Labute approximate surface area is 133 Å². The first-order chi connectivity index (χ1) is 10.9. The number of hydrogen-bond acceptors (Lipinski definition) is 7. The number of benzene rings is 1. The third-order valence-electron chi connectivity index (χ3n) is 3.56. The molecule has 1 fully saturated rings. The first-order valence-corrected chi connectivity index (χ1v) is 7.12. The van der Waals surface area contributed by atoms with Crippen molar-refractivity contribution in [2.75, 3.05) is 7.11 Å². The van der Waals surface area contributed by atoms with Crippen LogP contribution >= 0.6 is 0 Å². The third kappa shape index (κ3) is 4.29. The van der Waals surface area contributed by atoms with E-state index in [0.717, 1.165) is 5.56 Å². The summed E-state index contributed by atoms with van der Waals surface area (Å²) in [5, 5.41) is 30.6. The van der Waals surface area contributed by atoms with Gasteiger partial charge in [0, 0.05) is 12.4 Å². The fourth-order valence-electron chi connectivity index (χ4n) is 2.22. The van der Waals surface area contributed by atoms with Gasteiger partial charge in [-0.05, 0) is 30.7 Å². The molecule has 126 valence electrons. The van der Waals surface area contributed by atoms with Crippen LogP contribution in [0.1, 0.15) is 12.5 Å². The molecule has 1 aliphatic heterocycles. The third-order valence-corrected chi connectivity index (χ3v) is 3.56. The minimum Gasteiger partial charge on any atom is -0.829 e. The second-order valence-electron chi connectivity index (χ2n) is 5.20. The summed E-state index contributed by atoms with van der Waals surface area (Å²) in [5.41, 5.74) is 0.760. The van der Waals surface area contributed by atoms with E-state index in [0.29, 0.717) is 5.75 Å². The van der Waals surface area contributed by atoms with Gasteiger partial charge in [-0.3, -0.25) is 0 Å². The fraction of sp³-hybridized carbons (Fsp3) is 0.438. The quantitative estimate of drug-likeness (QED) is 0.565. The molecule has 23 heavy (non-hydrogen) atoms. The minimum atomic E-state index is -1.76. The van der Waals surface area contributed by atoms with Crippen molar-refractivity contribution >= 4 is 12.0 Å². The summed E-state index contributed by atoms with van der Waals surface area (Å²) in [4.78, 5) is 11.8. The highest BCUT2D eigenvalue weighted by Crippen LogP contribution is 2.21. The predicted octanol–water partition coefficient (Wildman–Crippen LogP) is -0.553. The average molecular weight is 323 g/mol. The van der Waals surface area contributed by atoms with Crippen LogP contribution in [0.25, 0.3) is 6.08 Å². The van der Waals surface area contributed by atoms with Crippen molar-refractivity contribution in [1.29, 1.82) is 0 Å². The van der Waals surface area contributed by atoms with Crippen molar-refractivity contribution in [1.82, 2.24) is 0 Å². The first kappa shape index (κ1) is 17.4. The van der Waals surface area contributed by atoms with E-state index in [2.05, 4.69) is 0 Å². The van der Waals surface area contributed by atoms with Gasteiger partial charge in [0.1, 0.15) is 11.9 Å². The van der Waals surface area contributed by atoms with E-state index in [4.69, 9.17) is 14.2 Å². The number of ether oxygens (including phenoxy) is 3. The molecule has 0 saturated carbocycles. The lowest BCUT2D eigenvalue weighted by Crippen LogP contribution is -2.61. The van der Waals surface area contributed by atoms with Gasteiger partial charge in [0.25, 0.3) is 0 Å². The van der Waals surface area contributed by atoms with Crippen LogP contribution in [0.3, 0.4) is 0 Å². The maximum absolute atomic E-state index is 11.8. The molecule has 0 aromatic heterocycles. The monoisotopic (exact) mass is 323 g/mol. The van der Waals surface area contributed by atoms with Crippen molar-refractivity contribution in [2.24, 2.45) is 0 Å². The Hall–Kier alpha value is -1.93. The lowest BCUT2D eigenvalue weighted by atomic mass is 10.00. The average Bonchev–Trinajstić information content (AvgIpc) is 2.55. The molecule has 1 heterocycles. The summed E-state index contributed by atoms with van der Waals surface area (Å²) < 4.78 is 15.0. The Bertz CT molecular complexity index is 554. The first-order valence-electron chi connectivity index (χ1n) is 7.12. The molecule has 5 atom stereocenters. The Balaban J connectivity index is 1.96. The summed E-state index contributed by atoms with van der Waals surface area (Å²) in [6, 6.07) is 7.01. The van der Waals surface area contributed by atoms with E-state index in [9.17, 15) is 20.1 Å². The highest BCUT2D eigenvalue weighted by molar-refractivity contribution is 5.87. The molecule has 0 bridgehead atoms. The molecule has 0 unspecified atom stereocenters. The van der Waals surface area contributed by atoms with Gasteiger partial charge in [-0.15, -0.1) is 0 Å². The van der Waals surface area contributed by atoms with E-state index in [1.807, 2.05) is 0 Å². The Kier molecular flexibility index (Phi) is 5.73. The van der Waals surface area contributed by atoms with E-state index >= 15 is 0 Å². The summed E-state index contributed by atoms with van der Waals surface area (Å²) in [6.45, 7) is 1.49. The number of esters is 1. The van der Waals surface area contributed by atoms with Crippen LogP contribution in [0, 0.1) is 0 Å². The van der Waals surface area contributed by atoms with Crippen molar-refractivity contribution < 1.29 is 34.3 Å². The molecule has 7 heteroatoms. The van der Waals surface area contributed by atoms with Crippen LogP contribution in [-0.4, -0.2) is 54.0 Å². The van der Waals surface area contributed by atoms with Gasteiger partial charge in [-0.1, -0.05) is 12.1 Å². The number of rotatable bonds is 4. The van der Waals surface area contributed by atoms with Gasteiger partial charge >= 0.3 is 5.97 Å². The Morgan fingerprint density at radius 2 is 1.91 bits per heavy atom. The van der Waals surface area contributed by atoms with Gasteiger partial charge in [0.15, 0.2) is 6.10 Å². The summed E-state index contributed by atoms with van der Waals surface area (Å²) in [7, 11) is 1.56. The molecule has 0 radical (unpaired) electrons. The van der Waals surface area contributed by atoms with Gasteiger partial charge in [-0.2, -0.15) is 0 Å². The molecule has 2 rings (SSSR count). The summed E-state index contributed by atoms with van der Waals surface area (Å²) in [6.07, 6.45) is -4.08.